The topological polar surface area (TPSA) is 108 Å². The summed E-state index contributed by atoms with van der Waals surface area (Å²) in [5, 5.41) is 13.2. The van der Waals surface area contributed by atoms with Crippen LogP contribution in [0.15, 0.2) is 36.4 Å². The van der Waals surface area contributed by atoms with Crippen molar-refractivity contribution in [1.82, 2.24) is 5.32 Å². The average molecular weight is 512 g/mol. The Morgan fingerprint density at radius 3 is 2.26 bits per heavy atom. The third kappa shape index (κ3) is 6.80. The molecule has 0 saturated heterocycles. The molecule has 0 saturated carbocycles. The number of rotatable bonds is 9. The van der Waals surface area contributed by atoms with Crippen LogP contribution in [0.5, 0.6) is 5.75 Å². The summed E-state index contributed by atoms with van der Waals surface area (Å²) in [5.41, 5.74) is -1.45. The maximum atomic E-state index is 13.4. The van der Waals surface area contributed by atoms with Gasteiger partial charge in [-0.05, 0) is 23.8 Å². The molecule has 1 N–H and O–H groups in total. The van der Waals surface area contributed by atoms with Gasteiger partial charge in [-0.2, -0.15) is 22.0 Å². The van der Waals surface area contributed by atoms with Gasteiger partial charge < -0.3 is 14.8 Å². The molecular weight excluding hydrogens is 497 g/mol. The number of nitrogens with one attached hydrogen (secondary N) is 1. The molecule has 2 aromatic rings. The fraction of sp³-hybridized carbons (Fsp3) is 0.300. The molecule has 35 heavy (non-hydrogen) atoms. The Labute approximate surface area is 191 Å². The number of nitrogens with zero attached hydrogens (tertiary/aromatic N) is 1. The fourth-order valence-electron chi connectivity index (χ4n) is 2.65. The number of halogens is 7. The molecule has 190 valence electrons. The number of esters is 1. The van der Waals surface area contributed by atoms with E-state index in [1.807, 2.05) is 0 Å². The Morgan fingerprint density at radius 1 is 1.06 bits per heavy atom. The summed E-state index contributed by atoms with van der Waals surface area (Å²) in [6.07, 6.45) is -6.38. The van der Waals surface area contributed by atoms with Crippen molar-refractivity contribution in [2.45, 2.75) is 24.6 Å². The van der Waals surface area contributed by atoms with Crippen molar-refractivity contribution < 1.29 is 54.7 Å². The number of carbonyl (C=O) groups is 2. The Balaban J connectivity index is 2.29. The molecule has 2 aromatic carbocycles. The highest BCUT2D eigenvalue weighted by atomic mass is 19.4. The Kier molecular flexibility index (Phi) is 8.25. The predicted molar refractivity (Wildman–Crippen MR) is 103 cm³/mol. The number of carbonyl (C=O) groups excluding carboxylic acids is 2. The van der Waals surface area contributed by atoms with E-state index in [0.29, 0.717) is 12.1 Å². The van der Waals surface area contributed by atoms with Gasteiger partial charge >= 0.3 is 23.8 Å². The monoisotopic (exact) mass is 512 g/mol. The van der Waals surface area contributed by atoms with Crippen LogP contribution in [0.4, 0.5) is 36.4 Å². The van der Waals surface area contributed by atoms with E-state index in [9.17, 15) is 50.4 Å². The molecule has 0 aromatic heterocycles. The molecule has 0 fully saturated rings. The van der Waals surface area contributed by atoms with Gasteiger partial charge in [-0.3, -0.25) is 14.9 Å². The molecule has 0 aliphatic rings. The van der Waals surface area contributed by atoms with E-state index in [1.54, 1.807) is 0 Å². The number of hydrogen-bond donors (Lipinski definition) is 1. The highest BCUT2D eigenvalue weighted by Crippen LogP contribution is 2.37. The molecule has 0 unspecified atom stereocenters. The summed E-state index contributed by atoms with van der Waals surface area (Å²) in [4.78, 5) is 34.6. The number of hydrogen-bond acceptors (Lipinski definition) is 6. The predicted octanol–water partition coefficient (Wildman–Crippen LogP) is 3.96. The first-order valence-corrected chi connectivity index (χ1v) is 9.34. The largest absolute Gasteiger partial charge is 0.480 e. The lowest BCUT2D eigenvalue weighted by atomic mass is 10.0. The van der Waals surface area contributed by atoms with Crippen LogP contribution < -0.4 is 10.1 Å². The SMILES string of the molecule is COC(=O)[C@H](Cc1ccc(F)c(F)c1)NC(=O)c1ccc([N+](=O)[O-])c(OCC(F)(F)C(F)(F)F)c1. The van der Waals surface area contributed by atoms with Gasteiger partial charge in [-0.15, -0.1) is 0 Å². The van der Waals surface area contributed by atoms with Crippen LogP contribution in [0.3, 0.4) is 0 Å². The van der Waals surface area contributed by atoms with Crippen LogP contribution in [-0.2, 0) is 16.0 Å². The van der Waals surface area contributed by atoms with Crippen molar-refractivity contribution in [3.05, 3.63) is 69.3 Å². The molecule has 0 spiro atoms. The standard InChI is InChI=1S/C20H15F7N2O6/c1-34-18(31)14(7-10-2-4-12(21)13(22)6-10)28-17(30)11-3-5-15(29(32)33)16(8-11)35-9-19(23,24)20(25,26)27/h2-6,8,14H,7,9H2,1H3,(H,28,30)/t14-/m0/s1. The van der Waals surface area contributed by atoms with Crippen LogP contribution in [0.1, 0.15) is 15.9 Å². The number of alkyl halides is 5. The van der Waals surface area contributed by atoms with Crippen LogP contribution in [-0.4, -0.2) is 48.7 Å². The van der Waals surface area contributed by atoms with E-state index in [-0.39, 0.29) is 12.0 Å². The summed E-state index contributed by atoms with van der Waals surface area (Å²) >= 11 is 0. The second-order valence-electron chi connectivity index (χ2n) is 6.93. The summed E-state index contributed by atoms with van der Waals surface area (Å²) in [6.45, 7) is -2.30. The molecule has 0 aliphatic heterocycles. The quantitative estimate of drug-likeness (QED) is 0.236. The molecule has 1 atom stereocenters. The Morgan fingerprint density at radius 2 is 1.71 bits per heavy atom. The average Bonchev–Trinajstić information content (AvgIpc) is 2.78. The summed E-state index contributed by atoms with van der Waals surface area (Å²) in [7, 11) is 0.964. The lowest BCUT2D eigenvalue weighted by Gasteiger charge is -2.20. The van der Waals surface area contributed by atoms with Crippen LogP contribution >= 0.6 is 0 Å². The molecule has 8 nitrogen and oxygen atoms in total. The first-order chi connectivity index (χ1) is 16.2. The number of ether oxygens (including phenoxy) is 2. The van der Waals surface area contributed by atoms with Crippen molar-refractivity contribution in [2.24, 2.45) is 0 Å². The maximum Gasteiger partial charge on any atom is 0.456 e. The first-order valence-electron chi connectivity index (χ1n) is 9.34. The second-order valence-corrected chi connectivity index (χ2v) is 6.93. The lowest BCUT2D eigenvalue weighted by molar-refractivity contribution is -0.386. The van der Waals surface area contributed by atoms with Gasteiger partial charge in [-0.25, -0.2) is 13.6 Å². The minimum Gasteiger partial charge on any atom is -0.480 e. The van der Waals surface area contributed by atoms with Gasteiger partial charge in [0.25, 0.3) is 5.91 Å². The zero-order valence-electron chi connectivity index (χ0n) is 17.5. The first kappa shape index (κ1) is 27.3. The highest BCUT2D eigenvalue weighted by Gasteiger charge is 2.58. The van der Waals surface area contributed by atoms with Crippen molar-refractivity contribution in [2.75, 3.05) is 13.7 Å². The fourth-order valence-corrected chi connectivity index (χ4v) is 2.65. The van der Waals surface area contributed by atoms with E-state index < -0.39 is 70.2 Å². The van der Waals surface area contributed by atoms with Crippen molar-refractivity contribution in [3.63, 3.8) is 0 Å². The van der Waals surface area contributed by atoms with E-state index in [4.69, 9.17) is 0 Å². The van der Waals surface area contributed by atoms with E-state index in [1.165, 1.54) is 0 Å². The lowest BCUT2D eigenvalue weighted by Crippen LogP contribution is -2.43. The summed E-state index contributed by atoms with van der Waals surface area (Å²) < 4.78 is 98.8. The van der Waals surface area contributed by atoms with Crippen LogP contribution in [0.25, 0.3) is 0 Å². The van der Waals surface area contributed by atoms with Gasteiger partial charge in [0.15, 0.2) is 24.0 Å². The molecule has 15 heteroatoms. The molecule has 0 bridgehead atoms. The Bertz CT molecular complexity index is 1120. The zero-order chi connectivity index (χ0) is 26.6. The van der Waals surface area contributed by atoms with E-state index >= 15 is 0 Å². The number of amides is 1. The third-order valence-electron chi connectivity index (χ3n) is 4.46. The minimum absolute atomic E-state index is 0.0710. The molecular formula is C20H15F7N2O6. The molecule has 0 heterocycles. The van der Waals surface area contributed by atoms with Crippen molar-refractivity contribution >= 4 is 17.6 Å². The van der Waals surface area contributed by atoms with Gasteiger partial charge in [0.1, 0.15) is 6.04 Å². The van der Waals surface area contributed by atoms with Crippen LogP contribution in [0.2, 0.25) is 0 Å². The molecule has 0 radical (unpaired) electrons. The summed E-state index contributed by atoms with van der Waals surface area (Å²) in [6, 6.07) is 3.16. The Hall–Kier alpha value is -3.91. The number of methoxy groups -OCH3 is 1. The van der Waals surface area contributed by atoms with Gasteiger partial charge in [-0.1, -0.05) is 6.07 Å². The molecule has 2 rings (SSSR count). The maximum absolute atomic E-state index is 13.4. The van der Waals surface area contributed by atoms with E-state index in [2.05, 4.69) is 14.8 Å². The number of nitro benzene ring substituents is 1. The van der Waals surface area contributed by atoms with Gasteiger partial charge in [0.05, 0.1) is 12.0 Å². The third-order valence-corrected chi connectivity index (χ3v) is 4.46. The highest BCUT2D eigenvalue weighted by molar-refractivity contribution is 5.97. The summed E-state index contributed by atoms with van der Waals surface area (Å²) in [5.74, 6) is -11.0. The zero-order valence-corrected chi connectivity index (χ0v) is 17.5. The van der Waals surface area contributed by atoms with Crippen molar-refractivity contribution in [3.8, 4) is 5.75 Å². The smallest absolute Gasteiger partial charge is 0.456 e. The van der Waals surface area contributed by atoms with E-state index in [0.717, 1.165) is 31.4 Å². The van der Waals surface area contributed by atoms with Gasteiger partial charge in [0.2, 0.25) is 0 Å². The molecule has 1 amide bonds. The van der Waals surface area contributed by atoms with Crippen LogP contribution in [0, 0.1) is 21.7 Å². The normalized spacial score (nSPS) is 12.6. The molecule has 0 aliphatic carbocycles. The van der Waals surface area contributed by atoms with Gasteiger partial charge in [0, 0.05) is 24.1 Å². The number of benzene rings is 2. The minimum atomic E-state index is -6.00. The second kappa shape index (κ2) is 10.6. The van der Waals surface area contributed by atoms with Crippen molar-refractivity contribution in [1.29, 1.82) is 0 Å². The number of nitro groups is 1.